The van der Waals surface area contributed by atoms with Gasteiger partial charge in [0, 0.05) is 0 Å². The summed E-state index contributed by atoms with van der Waals surface area (Å²) < 4.78 is 0. The Balaban J connectivity index is 1.83. The van der Waals surface area contributed by atoms with Crippen molar-refractivity contribution >= 4 is 64.6 Å². The largest absolute Gasteiger partial charge is 0.0578 e. The van der Waals surface area contributed by atoms with Gasteiger partial charge in [0.05, 0.1) is 0 Å². The molecule has 0 saturated heterocycles. The molecule has 0 aliphatic carbocycles. The molecular formula is C46H50. The first-order valence-corrected chi connectivity index (χ1v) is 17.1. The molecule has 0 N–H and O–H groups in total. The first-order chi connectivity index (χ1) is 21.3. The molecule has 0 nitrogen and oxygen atoms in total. The fraction of sp³-hybridized carbons (Fsp3) is 0.348. The van der Waals surface area contributed by atoms with Crippen molar-refractivity contribution in [1.82, 2.24) is 0 Å². The lowest BCUT2D eigenvalue weighted by atomic mass is 9.79. The molecule has 0 spiro atoms. The number of benzene rings is 7. The van der Waals surface area contributed by atoms with Crippen molar-refractivity contribution in [2.45, 2.75) is 105 Å². The van der Waals surface area contributed by atoms with Crippen molar-refractivity contribution < 1.29 is 0 Å². The van der Waals surface area contributed by atoms with E-state index in [1.165, 1.54) is 86.9 Å². The highest BCUT2D eigenvalue weighted by Gasteiger charge is 2.23. The van der Waals surface area contributed by atoms with Crippen molar-refractivity contribution in [1.29, 1.82) is 0 Å². The Morgan fingerprint density at radius 3 is 0.717 bits per heavy atom. The normalized spacial score (nSPS) is 13.7. The second kappa shape index (κ2) is 9.80. The van der Waals surface area contributed by atoms with Gasteiger partial charge in [-0.05, 0) is 133 Å². The molecule has 0 fully saturated rings. The van der Waals surface area contributed by atoms with Crippen LogP contribution in [0.3, 0.4) is 0 Å². The Morgan fingerprint density at radius 1 is 0.239 bits per heavy atom. The second-order valence-electron chi connectivity index (χ2n) is 18.0. The van der Waals surface area contributed by atoms with Crippen molar-refractivity contribution in [3.05, 3.63) is 107 Å². The van der Waals surface area contributed by atoms with Gasteiger partial charge in [-0.2, -0.15) is 0 Å². The van der Waals surface area contributed by atoms with Gasteiger partial charge in [0.2, 0.25) is 0 Å². The highest BCUT2D eigenvalue weighted by atomic mass is 14.3. The van der Waals surface area contributed by atoms with Gasteiger partial charge in [-0.25, -0.2) is 0 Å². The molecule has 0 heterocycles. The standard InChI is InChI=1S/C46H50/c1-43(2,3)27-13-17-31-33-19-15-29(45(7,8)9)25-39(33)41-35(37(31)23-27)21-22-36-38-24-28(44(4,5)6)14-18-32(38)34-20-16-30(46(10,11)12)26-40(34)42(36)41/h13-26H,1-12H3. The summed E-state index contributed by atoms with van der Waals surface area (Å²) >= 11 is 0. The van der Waals surface area contributed by atoms with Crippen LogP contribution in [0.1, 0.15) is 105 Å². The molecule has 0 radical (unpaired) electrons. The van der Waals surface area contributed by atoms with Crippen LogP contribution in [0.5, 0.6) is 0 Å². The third-order valence-corrected chi connectivity index (χ3v) is 10.4. The summed E-state index contributed by atoms with van der Waals surface area (Å²) in [4.78, 5) is 0. The van der Waals surface area contributed by atoms with E-state index in [0.29, 0.717) is 0 Å². The number of hydrogen-bond donors (Lipinski definition) is 0. The third-order valence-electron chi connectivity index (χ3n) is 10.4. The summed E-state index contributed by atoms with van der Waals surface area (Å²) in [6.07, 6.45) is 0. The molecule has 0 aromatic heterocycles. The zero-order chi connectivity index (χ0) is 33.1. The maximum atomic E-state index is 2.50. The van der Waals surface area contributed by atoms with E-state index in [9.17, 15) is 0 Å². The topological polar surface area (TPSA) is 0 Å². The van der Waals surface area contributed by atoms with Crippen LogP contribution >= 0.6 is 0 Å². The zero-order valence-corrected chi connectivity index (χ0v) is 30.1. The molecule has 7 rings (SSSR count). The number of hydrogen-bond acceptors (Lipinski definition) is 0. The van der Waals surface area contributed by atoms with E-state index < -0.39 is 0 Å². The molecule has 0 bridgehead atoms. The third kappa shape index (κ3) is 4.79. The first kappa shape index (κ1) is 30.7. The summed E-state index contributed by atoms with van der Waals surface area (Å²) in [7, 11) is 0. The van der Waals surface area contributed by atoms with Crippen molar-refractivity contribution in [3.8, 4) is 0 Å². The van der Waals surface area contributed by atoms with Crippen LogP contribution in [0, 0.1) is 0 Å². The highest BCUT2D eigenvalue weighted by Crippen LogP contribution is 2.47. The second-order valence-corrected chi connectivity index (χ2v) is 18.0. The molecule has 0 atom stereocenters. The maximum absolute atomic E-state index is 2.50. The first-order valence-electron chi connectivity index (χ1n) is 17.1. The van der Waals surface area contributed by atoms with Crippen LogP contribution < -0.4 is 0 Å². The fourth-order valence-corrected chi connectivity index (χ4v) is 7.45. The maximum Gasteiger partial charge on any atom is -0.00138 e. The summed E-state index contributed by atoms with van der Waals surface area (Å²) in [6, 6.07) is 33.8. The van der Waals surface area contributed by atoms with E-state index in [-0.39, 0.29) is 21.7 Å². The Kier molecular flexibility index (Phi) is 6.55. The highest BCUT2D eigenvalue weighted by molar-refractivity contribution is 6.39. The zero-order valence-electron chi connectivity index (χ0n) is 30.1. The van der Waals surface area contributed by atoms with E-state index in [0.717, 1.165) is 0 Å². The van der Waals surface area contributed by atoms with Gasteiger partial charge in [0.1, 0.15) is 0 Å². The van der Waals surface area contributed by atoms with E-state index >= 15 is 0 Å². The molecule has 0 aliphatic rings. The average molecular weight is 603 g/mol. The SMILES string of the molecule is CC(C)(C)c1ccc2c(c1)c1ccc3c4cc(C(C)(C)C)ccc4c4ccc(C(C)(C)C)cc4c3c1c1cc(C(C)(C)C)ccc21. The summed E-state index contributed by atoms with van der Waals surface area (Å²) in [5.41, 5.74) is 5.73. The molecule has 0 heteroatoms. The minimum Gasteiger partial charge on any atom is -0.0578 e. The number of rotatable bonds is 0. The van der Waals surface area contributed by atoms with Crippen molar-refractivity contribution in [3.63, 3.8) is 0 Å². The number of fused-ring (bicyclic) bond motifs is 13. The Labute approximate surface area is 275 Å². The minimum absolute atomic E-state index is 0.0475. The van der Waals surface area contributed by atoms with Crippen LogP contribution in [-0.2, 0) is 21.7 Å². The van der Waals surface area contributed by atoms with Gasteiger partial charge in [-0.1, -0.05) is 144 Å². The van der Waals surface area contributed by atoms with E-state index in [4.69, 9.17) is 0 Å². The Bertz CT molecular complexity index is 2200. The van der Waals surface area contributed by atoms with Gasteiger partial charge in [0.15, 0.2) is 0 Å². The summed E-state index contributed by atoms with van der Waals surface area (Å²) in [6.45, 7) is 27.9. The Hall–Kier alpha value is -3.90. The van der Waals surface area contributed by atoms with Crippen LogP contribution in [0.2, 0.25) is 0 Å². The predicted molar refractivity (Wildman–Crippen MR) is 206 cm³/mol. The monoisotopic (exact) mass is 602 g/mol. The van der Waals surface area contributed by atoms with E-state index in [1.807, 2.05) is 0 Å². The lowest BCUT2D eigenvalue weighted by Crippen LogP contribution is -2.11. The van der Waals surface area contributed by atoms with Crippen LogP contribution in [0.15, 0.2) is 84.9 Å². The molecule has 7 aromatic rings. The fourth-order valence-electron chi connectivity index (χ4n) is 7.45. The predicted octanol–water partition coefficient (Wildman–Crippen LogP) is 13.8. The molecule has 46 heavy (non-hydrogen) atoms. The average Bonchev–Trinajstić information content (AvgIpc) is 2.97. The molecule has 7 aromatic carbocycles. The summed E-state index contributed by atoms with van der Waals surface area (Å²) in [5, 5.41) is 16.2. The van der Waals surface area contributed by atoms with Gasteiger partial charge in [-0.3, -0.25) is 0 Å². The van der Waals surface area contributed by atoms with Gasteiger partial charge in [0.25, 0.3) is 0 Å². The van der Waals surface area contributed by atoms with Gasteiger partial charge < -0.3 is 0 Å². The van der Waals surface area contributed by atoms with Crippen LogP contribution in [0.4, 0.5) is 0 Å². The minimum atomic E-state index is 0.0475. The lowest BCUT2D eigenvalue weighted by Gasteiger charge is -2.25. The molecular weight excluding hydrogens is 553 g/mol. The van der Waals surface area contributed by atoms with Crippen molar-refractivity contribution in [2.24, 2.45) is 0 Å². The van der Waals surface area contributed by atoms with E-state index in [1.54, 1.807) is 0 Å². The molecule has 234 valence electrons. The molecule has 0 aliphatic heterocycles. The van der Waals surface area contributed by atoms with E-state index in [2.05, 4.69) is 168 Å². The molecule has 0 amide bonds. The quantitative estimate of drug-likeness (QED) is 0.151. The van der Waals surface area contributed by atoms with Gasteiger partial charge in [-0.15, -0.1) is 0 Å². The smallest absolute Gasteiger partial charge is 0.00138 e. The molecule has 0 saturated carbocycles. The van der Waals surface area contributed by atoms with Crippen LogP contribution in [0.25, 0.3) is 64.6 Å². The van der Waals surface area contributed by atoms with Gasteiger partial charge >= 0.3 is 0 Å². The van der Waals surface area contributed by atoms with Crippen molar-refractivity contribution in [2.75, 3.05) is 0 Å². The summed E-state index contributed by atoms with van der Waals surface area (Å²) in [5.74, 6) is 0. The molecule has 0 unspecified atom stereocenters. The van der Waals surface area contributed by atoms with Crippen LogP contribution in [-0.4, -0.2) is 0 Å². The lowest BCUT2D eigenvalue weighted by molar-refractivity contribution is 0.590. The Morgan fingerprint density at radius 2 is 0.457 bits per heavy atom.